The second kappa shape index (κ2) is 9.02. The van der Waals surface area contributed by atoms with E-state index in [-0.39, 0.29) is 10.6 Å². The molecule has 0 atom stereocenters. The lowest BCUT2D eigenvalue weighted by Gasteiger charge is -2.15. The summed E-state index contributed by atoms with van der Waals surface area (Å²) in [6.07, 6.45) is 0. The molecule has 0 aliphatic heterocycles. The molecule has 0 amide bonds. The molecule has 4 aromatic rings. The van der Waals surface area contributed by atoms with E-state index in [0.29, 0.717) is 27.1 Å². The van der Waals surface area contributed by atoms with Crippen molar-refractivity contribution in [2.24, 2.45) is 0 Å². The smallest absolute Gasteiger partial charge is 0.261 e. The highest BCUT2D eigenvalue weighted by molar-refractivity contribution is 7.99. The molecule has 4 rings (SSSR count). The highest BCUT2D eigenvalue weighted by Crippen LogP contribution is 2.43. The molecule has 0 aliphatic carbocycles. The Labute approximate surface area is 190 Å². The first-order valence-corrected chi connectivity index (χ1v) is 11.9. The Morgan fingerprint density at radius 2 is 1.38 bits per heavy atom. The predicted molar refractivity (Wildman–Crippen MR) is 127 cm³/mol. The summed E-state index contributed by atoms with van der Waals surface area (Å²) in [6.45, 7) is 0. The third kappa shape index (κ3) is 4.46. The molecule has 32 heavy (non-hydrogen) atoms. The van der Waals surface area contributed by atoms with Crippen LogP contribution in [0.5, 0.6) is 17.2 Å². The first-order valence-electron chi connectivity index (χ1n) is 9.65. The number of benzene rings is 4. The van der Waals surface area contributed by atoms with Crippen molar-refractivity contribution in [1.29, 1.82) is 0 Å². The number of rotatable bonds is 7. The molecule has 4 aromatic carbocycles. The summed E-state index contributed by atoms with van der Waals surface area (Å²) < 4.78 is 39.0. The molecule has 0 bridgehead atoms. The maximum Gasteiger partial charge on any atom is 0.261 e. The molecule has 0 spiro atoms. The van der Waals surface area contributed by atoms with Gasteiger partial charge in [0.05, 0.1) is 29.7 Å². The number of nitrogens with one attached hydrogen (secondary N) is 1. The van der Waals surface area contributed by atoms with Gasteiger partial charge in [0, 0.05) is 15.7 Å². The summed E-state index contributed by atoms with van der Waals surface area (Å²) in [6, 6.07) is 22.3. The zero-order chi connectivity index (χ0) is 22.7. The molecule has 0 radical (unpaired) electrons. The molecule has 0 heterocycles. The Kier molecular flexibility index (Phi) is 6.16. The van der Waals surface area contributed by atoms with E-state index in [0.717, 1.165) is 10.6 Å². The van der Waals surface area contributed by atoms with Gasteiger partial charge in [0.15, 0.2) is 0 Å². The number of phenols is 1. The highest BCUT2D eigenvalue weighted by Gasteiger charge is 2.19. The fraction of sp³-hybridized carbons (Fsp3) is 0.0833. The zero-order valence-corrected chi connectivity index (χ0v) is 19.0. The van der Waals surface area contributed by atoms with Gasteiger partial charge in [-0.15, -0.1) is 0 Å². The number of hydrogen-bond acceptors (Lipinski definition) is 6. The Morgan fingerprint density at radius 1 is 0.812 bits per heavy atom. The summed E-state index contributed by atoms with van der Waals surface area (Å²) in [5, 5.41) is 12.0. The van der Waals surface area contributed by atoms with Crippen molar-refractivity contribution < 1.29 is 23.0 Å². The Bertz CT molecular complexity index is 1350. The molecular formula is C24H21NO5S2. The van der Waals surface area contributed by atoms with Crippen molar-refractivity contribution in [2.75, 3.05) is 18.9 Å². The number of sulfonamides is 1. The van der Waals surface area contributed by atoms with E-state index in [1.165, 1.54) is 31.0 Å². The van der Waals surface area contributed by atoms with Crippen LogP contribution < -0.4 is 14.2 Å². The van der Waals surface area contributed by atoms with Crippen molar-refractivity contribution in [1.82, 2.24) is 0 Å². The number of phenolic OH excluding ortho intramolecular Hbond substituents is 1. The summed E-state index contributed by atoms with van der Waals surface area (Å²) in [7, 11) is -0.738. The molecular weight excluding hydrogens is 446 g/mol. The van der Waals surface area contributed by atoms with Crippen LogP contribution in [0.2, 0.25) is 0 Å². The third-order valence-corrected chi connectivity index (χ3v) is 7.30. The fourth-order valence-electron chi connectivity index (χ4n) is 3.23. The minimum absolute atomic E-state index is 0.0915. The Morgan fingerprint density at radius 3 is 1.97 bits per heavy atom. The molecule has 0 aliphatic rings. The predicted octanol–water partition coefficient (Wildman–Crippen LogP) is 5.51. The second-order valence-electron chi connectivity index (χ2n) is 6.88. The Hall–Kier alpha value is -3.36. The minimum Gasteiger partial charge on any atom is -0.506 e. The van der Waals surface area contributed by atoms with Gasteiger partial charge in [0.1, 0.15) is 17.2 Å². The number of fused-ring (bicyclic) bond motifs is 1. The summed E-state index contributed by atoms with van der Waals surface area (Å²) in [5.74, 6) is 1.39. The van der Waals surface area contributed by atoms with Gasteiger partial charge in [0.2, 0.25) is 0 Å². The van der Waals surface area contributed by atoms with E-state index in [2.05, 4.69) is 4.72 Å². The number of methoxy groups -OCH3 is 2. The lowest BCUT2D eigenvalue weighted by atomic mass is 10.1. The SMILES string of the molecule is COc1ccc(Sc2cc(NS(=O)(=O)c3ccc(OC)cc3)c3ccccc3c2O)cc1. The van der Waals surface area contributed by atoms with Crippen LogP contribution in [-0.4, -0.2) is 27.7 Å². The average Bonchev–Trinajstić information content (AvgIpc) is 2.82. The molecule has 0 saturated carbocycles. The van der Waals surface area contributed by atoms with Gasteiger partial charge < -0.3 is 14.6 Å². The largest absolute Gasteiger partial charge is 0.506 e. The maximum atomic E-state index is 13.0. The van der Waals surface area contributed by atoms with Crippen LogP contribution in [0.3, 0.4) is 0 Å². The number of aromatic hydroxyl groups is 1. The van der Waals surface area contributed by atoms with E-state index < -0.39 is 10.0 Å². The molecule has 2 N–H and O–H groups in total. The van der Waals surface area contributed by atoms with Gasteiger partial charge in [-0.2, -0.15) is 0 Å². The molecule has 164 valence electrons. The third-order valence-electron chi connectivity index (χ3n) is 4.88. The minimum atomic E-state index is -3.85. The van der Waals surface area contributed by atoms with Crippen LogP contribution >= 0.6 is 11.8 Å². The van der Waals surface area contributed by atoms with Gasteiger partial charge in [-0.3, -0.25) is 4.72 Å². The zero-order valence-electron chi connectivity index (χ0n) is 17.4. The van der Waals surface area contributed by atoms with Crippen molar-refractivity contribution in [2.45, 2.75) is 14.7 Å². The molecule has 0 fully saturated rings. The molecule has 6 nitrogen and oxygen atoms in total. The van der Waals surface area contributed by atoms with Crippen molar-refractivity contribution in [3.8, 4) is 17.2 Å². The van der Waals surface area contributed by atoms with Crippen molar-refractivity contribution in [3.05, 3.63) is 78.9 Å². The van der Waals surface area contributed by atoms with Gasteiger partial charge in [-0.1, -0.05) is 36.0 Å². The van der Waals surface area contributed by atoms with E-state index in [4.69, 9.17) is 9.47 Å². The first-order chi connectivity index (χ1) is 15.4. The van der Waals surface area contributed by atoms with Crippen LogP contribution in [0.1, 0.15) is 0 Å². The topological polar surface area (TPSA) is 84.9 Å². The normalized spacial score (nSPS) is 11.3. The van der Waals surface area contributed by atoms with E-state index in [1.807, 2.05) is 24.3 Å². The number of hydrogen-bond donors (Lipinski definition) is 2. The highest BCUT2D eigenvalue weighted by atomic mass is 32.2. The van der Waals surface area contributed by atoms with Gasteiger partial charge in [-0.25, -0.2) is 8.42 Å². The summed E-state index contributed by atoms with van der Waals surface area (Å²) >= 11 is 1.33. The fourth-order valence-corrected chi connectivity index (χ4v) is 5.21. The number of anilines is 1. The van der Waals surface area contributed by atoms with Gasteiger partial charge in [0.25, 0.3) is 10.0 Å². The van der Waals surface area contributed by atoms with Crippen LogP contribution in [0.4, 0.5) is 5.69 Å². The average molecular weight is 468 g/mol. The van der Waals surface area contributed by atoms with Crippen LogP contribution in [0, 0.1) is 0 Å². The van der Waals surface area contributed by atoms with E-state index >= 15 is 0 Å². The van der Waals surface area contributed by atoms with E-state index in [1.54, 1.807) is 49.6 Å². The van der Waals surface area contributed by atoms with Crippen LogP contribution in [0.25, 0.3) is 10.8 Å². The molecule has 0 unspecified atom stereocenters. The van der Waals surface area contributed by atoms with Crippen LogP contribution in [-0.2, 0) is 10.0 Å². The summed E-state index contributed by atoms with van der Waals surface area (Å²) in [5.41, 5.74) is 0.380. The standard InChI is InChI=1S/C24H21NO5S2/c1-29-16-7-11-18(12-8-16)31-23-15-22(20-5-3-4-6-21(20)24(23)26)25-32(27,28)19-13-9-17(30-2)10-14-19/h3-15,25-26H,1-2H3. The number of ether oxygens (including phenoxy) is 2. The van der Waals surface area contributed by atoms with Gasteiger partial charge >= 0.3 is 0 Å². The second-order valence-corrected chi connectivity index (χ2v) is 9.67. The maximum absolute atomic E-state index is 13.0. The van der Waals surface area contributed by atoms with Crippen molar-refractivity contribution in [3.63, 3.8) is 0 Å². The molecule has 8 heteroatoms. The molecule has 0 aromatic heterocycles. The quantitative estimate of drug-likeness (QED) is 0.349. The lowest BCUT2D eigenvalue weighted by molar-refractivity contribution is 0.414. The van der Waals surface area contributed by atoms with E-state index in [9.17, 15) is 13.5 Å². The monoisotopic (exact) mass is 467 g/mol. The lowest BCUT2D eigenvalue weighted by Crippen LogP contribution is -2.13. The summed E-state index contributed by atoms with van der Waals surface area (Å²) in [4.78, 5) is 1.52. The van der Waals surface area contributed by atoms with Gasteiger partial charge in [-0.05, 0) is 54.6 Å². The first kappa shape index (κ1) is 21.9. The van der Waals surface area contributed by atoms with Crippen molar-refractivity contribution >= 4 is 38.2 Å². The molecule has 0 saturated heterocycles. The van der Waals surface area contributed by atoms with Crippen LogP contribution in [0.15, 0.2) is 93.5 Å². The Balaban J connectivity index is 1.75.